The summed E-state index contributed by atoms with van der Waals surface area (Å²) in [7, 11) is 2.20. The second-order valence-corrected chi connectivity index (χ2v) is 17.3. The summed E-state index contributed by atoms with van der Waals surface area (Å²) in [4.78, 5) is 86.5. The molecule has 0 saturated carbocycles. The van der Waals surface area contributed by atoms with Gasteiger partial charge in [-0.25, -0.2) is 0 Å². The normalized spacial score (nSPS) is 24.5. The third-order valence-corrected chi connectivity index (χ3v) is 12.4. The minimum absolute atomic E-state index is 0.00883. The summed E-state index contributed by atoms with van der Waals surface area (Å²) in [5.41, 5.74) is 14.2. The number of fused-ring (bicyclic) bond motifs is 1. The molecule has 1 aliphatic heterocycles. The van der Waals surface area contributed by atoms with E-state index < -0.39 is 96.6 Å². The monoisotopic (exact) mass is 871 g/mol. The molecule has 0 bridgehead atoms. The van der Waals surface area contributed by atoms with Gasteiger partial charge in [0.05, 0.1) is 30.9 Å². The molecule has 1 aliphatic rings. The van der Waals surface area contributed by atoms with E-state index in [0.717, 1.165) is 38.1 Å². The van der Waals surface area contributed by atoms with Crippen LogP contribution in [-0.2, 0) is 41.6 Å². The number of carbonyl (C=O) groups is 6. The fourth-order valence-corrected chi connectivity index (χ4v) is 8.68. The number of nitrogens with one attached hydrogen (secondary N) is 7. The Hall–Kier alpha value is -4.70. The number of unbranched alkanes of at least 4 members (excludes halogenated alkanes) is 1. The van der Waals surface area contributed by atoms with Crippen molar-refractivity contribution in [3.63, 3.8) is 0 Å². The van der Waals surface area contributed by atoms with E-state index in [1.165, 1.54) is 13.8 Å². The predicted octanol–water partition coefficient (Wildman–Crippen LogP) is -1.53. The predicted molar refractivity (Wildman–Crippen MR) is 230 cm³/mol. The van der Waals surface area contributed by atoms with Gasteiger partial charge in [-0.05, 0) is 56.8 Å². The summed E-state index contributed by atoms with van der Waals surface area (Å²) in [6.45, 7) is 2.33. The zero-order valence-corrected chi connectivity index (χ0v) is 35.2. The van der Waals surface area contributed by atoms with Crippen molar-refractivity contribution >= 4 is 67.9 Å². The first kappa shape index (κ1) is 48.0. The van der Waals surface area contributed by atoms with Crippen LogP contribution in [-0.4, -0.2) is 135 Å². The fourth-order valence-electron chi connectivity index (χ4n) is 6.39. The van der Waals surface area contributed by atoms with Gasteiger partial charge in [0.25, 0.3) is 0 Å². The zero-order valence-electron chi connectivity index (χ0n) is 33.6. The molecule has 328 valence electrons. The largest absolute Gasteiger partial charge is 0.394 e. The molecular formula is C40H57N9O9S2. The van der Waals surface area contributed by atoms with Crippen LogP contribution in [0.3, 0.4) is 0 Å². The molecule has 0 spiro atoms. The van der Waals surface area contributed by atoms with Gasteiger partial charge in [0.1, 0.15) is 30.2 Å². The van der Waals surface area contributed by atoms with Crippen LogP contribution in [0.25, 0.3) is 10.9 Å². The van der Waals surface area contributed by atoms with E-state index in [1.54, 1.807) is 30.5 Å². The van der Waals surface area contributed by atoms with Crippen molar-refractivity contribution in [3.05, 3.63) is 71.9 Å². The average molecular weight is 872 g/mol. The van der Waals surface area contributed by atoms with E-state index in [2.05, 4.69) is 36.9 Å². The van der Waals surface area contributed by atoms with E-state index in [0.29, 0.717) is 24.9 Å². The Bertz CT molecular complexity index is 1900. The van der Waals surface area contributed by atoms with Crippen molar-refractivity contribution in [3.8, 4) is 0 Å². The van der Waals surface area contributed by atoms with E-state index in [9.17, 15) is 44.1 Å². The Balaban J connectivity index is 1.74. The number of aromatic nitrogens is 1. The van der Waals surface area contributed by atoms with Crippen molar-refractivity contribution in [1.82, 2.24) is 36.9 Å². The number of para-hydroxylation sites is 1. The molecule has 1 aromatic heterocycles. The van der Waals surface area contributed by atoms with Crippen molar-refractivity contribution < 1.29 is 44.1 Å². The van der Waals surface area contributed by atoms with Crippen LogP contribution >= 0.6 is 21.6 Å². The van der Waals surface area contributed by atoms with Crippen LogP contribution < -0.4 is 43.4 Å². The van der Waals surface area contributed by atoms with Gasteiger partial charge >= 0.3 is 0 Å². The van der Waals surface area contributed by atoms with Crippen LogP contribution in [0.5, 0.6) is 0 Å². The third kappa shape index (κ3) is 14.2. The molecule has 6 amide bonds. The molecule has 0 aliphatic carbocycles. The molecule has 18 nitrogen and oxygen atoms in total. The van der Waals surface area contributed by atoms with Gasteiger partial charge in [-0.3, -0.25) is 28.8 Å². The molecule has 14 N–H and O–H groups in total. The van der Waals surface area contributed by atoms with Crippen LogP contribution in [0, 0.1) is 0 Å². The third-order valence-electron chi connectivity index (χ3n) is 9.93. The quantitative estimate of drug-likeness (QED) is 0.0687. The molecule has 2 aromatic carbocycles. The first-order valence-electron chi connectivity index (χ1n) is 19.8. The van der Waals surface area contributed by atoms with Crippen molar-refractivity contribution in [2.24, 2.45) is 11.5 Å². The highest BCUT2D eigenvalue weighted by Crippen LogP contribution is 2.24. The summed E-state index contributed by atoms with van der Waals surface area (Å²) >= 11 is 0. The molecule has 4 rings (SSSR count). The Morgan fingerprint density at radius 2 is 1.40 bits per heavy atom. The Morgan fingerprint density at radius 1 is 0.783 bits per heavy atom. The van der Waals surface area contributed by atoms with Crippen molar-refractivity contribution in [2.75, 3.05) is 24.7 Å². The lowest BCUT2D eigenvalue weighted by Crippen LogP contribution is -2.62. The number of amides is 6. The second kappa shape index (κ2) is 23.9. The lowest BCUT2D eigenvalue weighted by atomic mass is 10.0. The first-order valence-corrected chi connectivity index (χ1v) is 22.3. The van der Waals surface area contributed by atoms with E-state index >= 15 is 0 Å². The van der Waals surface area contributed by atoms with Gasteiger partial charge in [-0.2, -0.15) is 0 Å². The molecule has 60 heavy (non-hydrogen) atoms. The lowest BCUT2D eigenvalue weighted by molar-refractivity contribution is -0.136. The highest BCUT2D eigenvalue weighted by Gasteiger charge is 2.35. The van der Waals surface area contributed by atoms with Gasteiger partial charge in [-0.15, -0.1) is 0 Å². The molecule has 1 fully saturated rings. The molecule has 0 radical (unpaired) electrons. The van der Waals surface area contributed by atoms with E-state index in [4.69, 9.17) is 11.5 Å². The summed E-state index contributed by atoms with van der Waals surface area (Å²) in [5.74, 6) is -4.72. The highest BCUT2D eigenvalue weighted by molar-refractivity contribution is 8.76. The minimum atomic E-state index is -1.60. The number of H-pyrrole nitrogens is 1. The number of benzene rings is 2. The standard InChI is InChI=1S/C40H57N9O9S2/c1-22(51)32(19-50)47-39(57)33-21-60-59-20-27(42)35(53)45-30(16-24-10-4-3-5-11-24)37(55)46-31(17-25-18-43-28-13-7-6-12-26(25)28)38(56)44-29(14-8-9-15-41)36(54)49-34(23(2)52)40(58)48-33/h3-7,10-13,18,22-23,27,29-34,43,50-52H,8-9,14-17,19-21,41-42H2,1-2H3,(H,44,56)(H,45,53)(H,46,55)(H,47,57)(H,48,58)(H,49,54)/t22-,23-,27+,29+,30+,31-,32-,33+,34+/m1/s1. The second-order valence-electron chi connectivity index (χ2n) is 14.7. The summed E-state index contributed by atoms with van der Waals surface area (Å²) in [6.07, 6.45) is 0.0762. The van der Waals surface area contributed by atoms with Crippen molar-refractivity contribution in [2.45, 2.75) is 100 Å². The van der Waals surface area contributed by atoms with Gasteiger partial charge in [0, 0.05) is 41.4 Å². The van der Waals surface area contributed by atoms with Gasteiger partial charge in [0.15, 0.2) is 0 Å². The summed E-state index contributed by atoms with van der Waals surface area (Å²) in [5, 5.41) is 47.2. The summed E-state index contributed by atoms with van der Waals surface area (Å²) in [6, 6.07) is 7.51. The topological polar surface area (TPSA) is 303 Å². The molecule has 3 aromatic rings. The number of aliphatic hydroxyl groups is 3. The van der Waals surface area contributed by atoms with Gasteiger partial charge in [0.2, 0.25) is 35.4 Å². The van der Waals surface area contributed by atoms with Gasteiger partial charge < -0.3 is 63.7 Å². The number of hydrogen-bond acceptors (Lipinski definition) is 13. The number of rotatable bonds is 13. The molecular weight excluding hydrogens is 815 g/mol. The average Bonchev–Trinajstić information content (AvgIpc) is 3.63. The summed E-state index contributed by atoms with van der Waals surface area (Å²) < 4.78 is 0. The number of carbonyl (C=O) groups excluding carboxylic acids is 6. The van der Waals surface area contributed by atoms with E-state index in [1.807, 2.05) is 30.3 Å². The van der Waals surface area contributed by atoms with Crippen molar-refractivity contribution in [1.29, 1.82) is 0 Å². The smallest absolute Gasteiger partial charge is 0.245 e. The molecule has 2 heterocycles. The molecule has 1 saturated heterocycles. The number of nitrogens with two attached hydrogens (primary N) is 2. The maximum Gasteiger partial charge on any atom is 0.245 e. The van der Waals surface area contributed by atoms with Crippen LogP contribution in [0.4, 0.5) is 0 Å². The Labute approximate surface area is 356 Å². The maximum atomic E-state index is 14.4. The zero-order chi connectivity index (χ0) is 43.8. The fraction of sp³-hybridized carbons (Fsp3) is 0.500. The minimum Gasteiger partial charge on any atom is -0.394 e. The number of aliphatic hydroxyl groups excluding tert-OH is 3. The highest BCUT2D eigenvalue weighted by atomic mass is 33.1. The van der Waals surface area contributed by atoms with Crippen LogP contribution in [0.2, 0.25) is 0 Å². The molecule has 0 unspecified atom stereocenters. The van der Waals surface area contributed by atoms with Crippen LogP contribution in [0.15, 0.2) is 60.8 Å². The number of hydrogen-bond donors (Lipinski definition) is 12. The van der Waals surface area contributed by atoms with E-state index in [-0.39, 0.29) is 30.8 Å². The van der Waals surface area contributed by atoms with Crippen LogP contribution in [0.1, 0.15) is 44.2 Å². The molecule has 20 heteroatoms. The first-order chi connectivity index (χ1) is 28.7. The SMILES string of the molecule is C[C@@H](O)[C@@H]1NC(=O)[C@H](CCCCN)NC(=O)[C@@H](Cc2c[nH]c3ccccc23)NC(=O)[C@H](Cc2ccccc2)NC(=O)[C@@H](N)CSSC[C@@H](C(=O)N[C@H](CO)[C@@H](C)O)NC1=O. The van der Waals surface area contributed by atoms with Gasteiger partial charge in [-0.1, -0.05) is 70.1 Å². The number of aromatic amines is 1. The Kier molecular flexibility index (Phi) is 19.1. The molecule has 9 atom stereocenters. The maximum absolute atomic E-state index is 14.4. The lowest BCUT2D eigenvalue weighted by Gasteiger charge is -2.29. The Morgan fingerprint density at radius 3 is 2.07 bits per heavy atom.